The van der Waals surface area contributed by atoms with Crippen molar-refractivity contribution >= 4 is 10.8 Å². The van der Waals surface area contributed by atoms with Crippen LogP contribution in [0.5, 0.6) is 0 Å². The van der Waals surface area contributed by atoms with Crippen molar-refractivity contribution in [1.82, 2.24) is 0 Å². The zero-order valence-electron chi connectivity index (χ0n) is 9.31. The van der Waals surface area contributed by atoms with E-state index in [2.05, 4.69) is 52.0 Å². The summed E-state index contributed by atoms with van der Waals surface area (Å²) in [6.07, 6.45) is 0. The maximum atomic E-state index is 2.27. The number of hydrogen-bond donors (Lipinski definition) is 0. The van der Waals surface area contributed by atoms with Crippen LogP contribution in [0, 0.1) is 27.7 Å². The zero-order chi connectivity index (χ0) is 10.3. The lowest BCUT2D eigenvalue weighted by Gasteiger charge is -2.07. The van der Waals surface area contributed by atoms with E-state index < -0.39 is 0 Å². The SMILES string of the molecule is C.Cc1cc2cc(C)c(C)cc2cc1C. The molecule has 0 aromatic heterocycles. The van der Waals surface area contributed by atoms with Gasteiger partial charge in [0.1, 0.15) is 0 Å². The Morgan fingerprint density at radius 3 is 0.933 bits per heavy atom. The van der Waals surface area contributed by atoms with E-state index in [9.17, 15) is 0 Å². The van der Waals surface area contributed by atoms with Crippen LogP contribution in [0.15, 0.2) is 24.3 Å². The fraction of sp³-hybridized carbons (Fsp3) is 0.333. The molecule has 0 spiro atoms. The van der Waals surface area contributed by atoms with Crippen LogP contribution >= 0.6 is 0 Å². The Morgan fingerprint density at radius 1 is 0.533 bits per heavy atom. The quantitative estimate of drug-likeness (QED) is 0.577. The van der Waals surface area contributed by atoms with Gasteiger partial charge in [0.15, 0.2) is 0 Å². The van der Waals surface area contributed by atoms with Gasteiger partial charge in [-0.2, -0.15) is 0 Å². The fourth-order valence-corrected chi connectivity index (χ4v) is 1.81. The highest BCUT2D eigenvalue weighted by Crippen LogP contribution is 2.22. The third kappa shape index (κ3) is 2.04. The van der Waals surface area contributed by atoms with Gasteiger partial charge in [-0.25, -0.2) is 0 Å². The summed E-state index contributed by atoms with van der Waals surface area (Å²) in [4.78, 5) is 0. The van der Waals surface area contributed by atoms with Crippen LogP contribution in [-0.2, 0) is 0 Å². The Balaban J connectivity index is 0.00000112. The minimum absolute atomic E-state index is 0. The fourth-order valence-electron chi connectivity index (χ4n) is 1.81. The molecule has 0 bridgehead atoms. The molecule has 0 aliphatic rings. The van der Waals surface area contributed by atoms with Gasteiger partial charge in [-0.1, -0.05) is 31.7 Å². The lowest BCUT2D eigenvalue weighted by molar-refractivity contribution is 1.34. The van der Waals surface area contributed by atoms with E-state index >= 15 is 0 Å². The molecule has 0 fully saturated rings. The number of benzene rings is 2. The zero-order valence-corrected chi connectivity index (χ0v) is 9.31. The first-order chi connectivity index (χ1) is 6.58. The van der Waals surface area contributed by atoms with Crippen LogP contribution in [-0.4, -0.2) is 0 Å². The molecule has 0 aliphatic heterocycles. The third-order valence-corrected chi connectivity index (χ3v) is 3.07. The average Bonchev–Trinajstić information content (AvgIpc) is 2.11. The second kappa shape index (κ2) is 4.06. The summed E-state index contributed by atoms with van der Waals surface area (Å²) in [5, 5.41) is 2.72. The molecule has 15 heavy (non-hydrogen) atoms. The standard InChI is InChI=1S/C14H16.CH4/c1-9-5-13-7-11(3)12(4)8-14(13)6-10(9)2;/h5-8H,1-4H3;1H4. The normalized spacial score (nSPS) is 10.1. The van der Waals surface area contributed by atoms with Crippen LogP contribution in [0.2, 0.25) is 0 Å². The molecule has 0 saturated heterocycles. The summed E-state index contributed by atoms with van der Waals surface area (Å²) in [6.45, 7) is 8.68. The molecule has 80 valence electrons. The highest BCUT2D eigenvalue weighted by molar-refractivity contribution is 5.85. The maximum absolute atomic E-state index is 2.27. The average molecular weight is 200 g/mol. The van der Waals surface area contributed by atoms with E-state index in [0.717, 1.165) is 0 Å². The molecule has 0 aliphatic carbocycles. The largest absolute Gasteiger partial charge is 0.0776 e. The summed E-state index contributed by atoms with van der Waals surface area (Å²) in [5.41, 5.74) is 5.50. The number of fused-ring (bicyclic) bond motifs is 1. The lowest BCUT2D eigenvalue weighted by Crippen LogP contribution is -1.85. The summed E-state index contributed by atoms with van der Waals surface area (Å²) in [6, 6.07) is 9.10. The first-order valence-electron chi connectivity index (χ1n) is 5.06. The minimum atomic E-state index is 0. The molecule has 0 saturated carbocycles. The van der Waals surface area contributed by atoms with Gasteiger partial charge in [-0.3, -0.25) is 0 Å². The van der Waals surface area contributed by atoms with E-state index in [-0.39, 0.29) is 7.43 Å². The van der Waals surface area contributed by atoms with E-state index in [0.29, 0.717) is 0 Å². The van der Waals surface area contributed by atoms with Crippen LogP contribution in [0.3, 0.4) is 0 Å². The van der Waals surface area contributed by atoms with Crippen LogP contribution in [0.4, 0.5) is 0 Å². The number of rotatable bonds is 0. The molecule has 0 N–H and O–H groups in total. The molecule has 0 heteroatoms. The molecule has 0 radical (unpaired) electrons. The van der Waals surface area contributed by atoms with E-state index in [1.807, 2.05) is 0 Å². The Bertz CT molecular complexity index is 404. The van der Waals surface area contributed by atoms with Crippen molar-refractivity contribution in [3.05, 3.63) is 46.5 Å². The van der Waals surface area contributed by atoms with Crippen molar-refractivity contribution in [3.8, 4) is 0 Å². The first kappa shape index (κ1) is 11.8. The molecule has 0 atom stereocenters. The van der Waals surface area contributed by atoms with Gasteiger partial charge in [0.2, 0.25) is 0 Å². The van der Waals surface area contributed by atoms with Crippen LogP contribution < -0.4 is 0 Å². The Hall–Kier alpha value is -1.30. The molecular formula is C15H20. The molecule has 2 aromatic rings. The van der Waals surface area contributed by atoms with Gasteiger partial charge in [-0.05, 0) is 60.7 Å². The third-order valence-electron chi connectivity index (χ3n) is 3.07. The molecule has 2 aromatic carbocycles. The van der Waals surface area contributed by atoms with E-state index in [1.165, 1.54) is 33.0 Å². The van der Waals surface area contributed by atoms with Gasteiger partial charge in [0, 0.05) is 0 Å². The number of hydrogen-bond acceptors (Lipinski definition) is 0. The smallest absolute Gasteiger partial charge is 0.0178 e. The molecule has 0 unspecified atom stereocenters. The molecular weight excluding hydrogens is 180 g/mol. The monoisotopic (exact) mass is 200 g/mol. The highest BCUT2D eigenvalue weighted by atomic mass is 14.0. The first-order valence-corrected chi connectivity index (χ1v) is 5.06. The van der Waals surface area contributed by atoms with E-state index in [4.69, 9.17) is 0 Å². The maximum Gasteiger partial charge on any atom is -0.0178 e. The predicted molar refractivity (Wildman–Crippen MR) is 69.6 cm³/mol. The van der Waals surface area contributed by atoms with Crippen LogP contribution in [0.1, 0.15) is 29.7 Å². The predicted octanol–water partition coefficient (Wildman–Crippen LogP) is 4.71. The Kier molecular flexibility index (Phi) is 3.18. The van der Waals surface area contributed by atoms with Gasteiger partial charge < -0.3 is 0 Å². The summed E-state index contributed by atoms with van der Waals surface area (Å²) in [5.74, 6) is 0. The van der Waals surface area contributed by atoms with Crippen molar-refractivity contribution < 1.29 is 0 Å². The van der Waals surface area contributed by atoms with Crippen molar-refractivity contribution in [2.75, 3.05) is 0 Å². The van der Waals surface area contributed by atoms with E-state index in [1.54, 1.807) is 0 Å². The number of aryl methyl sites for hydroxylation is 4. The van der Waals surface area contributed by atoms with Crippen molar-refractivity contribution in [3.63, 3.8) is 0 Å². The topological polar surface area (TPSA) is 0 Å². The summed E-state index contributed by atoms with van der Waals surface area (Å²) >= 11 is 0. The highest BCUT2D eigenvalue weighted by Gasteiger charge is 2.00. The van der Waals surface area contributed by atoms with Crippen molar-refractivity contribution in [2.45, 2.75) is 35.1 Å². The second-order valence-corrected chi connectivity index (χ2v) is 4.22. The van der Waals surface area contributed by atoms with Crippen molar-refractivity contribution in [2.24, 2.45) is 0 Å². The van der Waals surface area contributed by atoms with Crippen LogP contribution in [0.25, 0.3) is 10.8 Å². The van der Waals surface area contributed by atoms with Gasteiger partial charge in [-0.15, -0.1) is 0 Å². The summed E-state index contributed by atoms with van der Waals surface area (Å²) < 4.78 is 0. The second-order valence-electron chi connectivity index (χ2n) is 4.22. The molecule has 0 amide bonds. The molecule has 0 nitrogen and oxygen atoms in total. The Labute approximate surface area is 92.9 Å². The van der Waals surface area contributed by atoms with Gasteiger partial charge in [0.25, 0.3) is 0 Å². The molecule has 0 heterocycles. The Morgan fingerprint density at radius 2 is 0.733 bits per heavy atom. The lowest BCUT2D eigenvalue weighted by atomic mass is 9.98. The molecule has 2 rings (SSSR count). The van der Waals surface area contributed by atoms with Crippen molar-refractivity contribution in [1.29, 1.82) is 0 Å². The van der Waals surface area contributed by atoms with Gasteiger partial charge >= 0.3 is 0 Å². The minimum Gasteiger partial charge on any atom is -0.0776 e. The van der Waals surface area contributed by atoms with Gasteiger partial charge in [0.05, 0.1) is 0 Å². The summed E-state index contributed by atoms with van der Waals surface area (Å²) in [7, 11) is 0.